The normalized spacial score (nSPS) is 17.0. The molecule has 0 atom stereocenters. The van der Waals surface area contributed by atoms with Crippen molar-refractivity contribution in [3.63, 3.8) is 0 Å². The first-order chi connectivity index (χ1) is 12.3. The molecule has 0 aliphatic carbocycles. The summed E-state index contributed by atoms with van der Waals surface area (Å²) in [5.74, 6) is -0.317. The van der Waals surface area contributed by atoms with Gasteiger partial charge in [-0.3, -0.25) is 14.9 Å². The van der Waals surface area contributed by atoms with Crippen LogP contribution >= 0.6 is 23.4 Å². The lowest BCUT2D eigenvalue weighted by Crippen LogP contribution is -2.19. The van der Waals surface area contributed by atoms with Crippen LogP contribution < -0.4 is 5.32 Å². The van der Waals surface area contributed by atoms with E-state index in [2.05, 4.69) is 10.3 Å². The van der Waals surface area contributed by atoms with Gasteiger partial charge < -0.3 is 5.32 Å². The lowest BCUT2D eigenvalue weighted by atomic mass is 10.1. The number of halogens is 1. The summed E-state index contributed by atoms with van der Waals surface area (Å²) < 4.78 is 0. The van der Waals surface area contributed by atoms with Gasteiger partial charge in [0.2, 0.25) is 0 Å². The molecule has 1 amide bonds. The van der Waals surface area contributed by atoms with Gasteiger partial charge in [-0.1, -0.05) is 29.8 Å². The Hall–Kier alpha value is -2.64. The summed E-state index contributed by atoms with van der Waals surface area (Å²) in [5.41, 5.74) is 3.14. The molecule has 3 rings (SSSR count). The molecule has 2 aromatic rings. The molecule has 1 aliphatic heterocycles. The first kappa shape index (κ1) is 18.2. The van der Waals surface area contributed by atoms with Gasteiger partial charge in [0, 0.05) is 22.7 Å². The fourth-order valence-corrected chi connectivity index (χ4v) is 3.45. The smallest absolute Gasteiger partial charge is 0.270 e. The van der Waals surface area contributed by atoms with Crippen LogP contribution in [0.15, 0.2) is 46.3 Å². The molecular formula is C18H14ClN3O3S. The summed E-state index contributed by atoms with van der Waals surface area (Å²) in [6.45, 7) is 3.90. The van der Waals surface area contributed by atoms with Crippen molar-refractivity contribution in [2.45, 2.75) is 13.8 Å². The molecule has 1 N–H and O–H groups in total. The maximum atomic E-state index is 12.2. The summed E-state index contributed by atoms with van der Waals surface area (Å²) >= 11 is 7.27. The van der Waals surface area contributed by atoms with Crippen LogP contribution in [-0.4, -0.2) is 16.0 Å². The van der Waals surface area contributed by atoms with E-state index in [0.29, 0.717) is 20.7 Å². The predicted octanol–water partition coefficient (Wildman–Crippen LogP) is 4.76. The Morgan fingerprint density at radius 2 is 1.92 bits per heavy atom. The molecular weight excluding hydrogens is 374 g/mol. The van der Waals surface area contributed by atoms with Crippen LogP contribution in [0.1, 0.15) is 16.7 Å². The van der Waals surface area contributed by atoms with Gasteiger partial charge in [-0.15, -0.1) is 0 Å². The number of nitro groups is 1. The number of para-hydroxylation sites is 1. The molecule has 0 bridgehead atoms. The van der Waals surface area contributed by atoms with Gasteiger partial charge in [-0.05, 0) is 48.9 Å². The highest BCUT2D eigenvalue weighted by atomic mass is 35.5. The van der Waals surface area contributed by atoms with Crippen molar-refractivity contribution in [1.82, 2.24) is 5.32 Å². The van der Waals surface area contributed by atoms with Crippen LogP contribution in [0, 0.1) is 24.0 Å². The standard InChI is InChI=1S/C18H14ClN3O3S/c1-10-4-3-5-11(2)16(10)20-18-21-17(23)15(26-18)9-12-8-13(22(24)25)6-7-14(12)19/h3-9H,1-2H3,(H,20,21,23)/b15-9+. The van der Waals surface area contributed by atoms with Crippen molar-refractivity contribution >= 4 is 51.9 Å². The summed E-state index contributed by atoms with van der Waals surface area (Å²) in [6.07, 6.45) is 1.53. The quantitative estimate of drug-likeness (QED) is 0.467. The number of rotatable bonds is 3. The second-order valence-electron chi connectivity index (χ2n) is 5.69. The fraction of sp³-hybridized carbons (Fsp3) is 0.111. The molecule has 0 saturated carbocycles. The maximum absolute atomic E-state index is 12.2. The number of nitrogens with one attached hydrogen (secondary N) is 1. The largest absolute Gasteiger partial charge is 0.300 e. The minimum Gasteiger partial charge on any atom is -0.300 e. The lowest BCUT2D eigenvalue weighted by Gasteiger charge is -2.04. The van der Waals surface area contributed by atoms with E-state index >= 15 is 0 Å². The van der Waals surface area contributed by atoms with Crippen LogP contribution in [0.2, 0.25) is 5.02 Å². The highest BCUT2D eigenvalue weighted by Gasteiger charge is 2.25. The van der Waals surface area contributed by atoms with Crippen LogP contribution in [0.3, 0.4) is 0 Å². The minimum absolute atomic E-state index is 0.0888. The number of benzene rings is 2. The molecule has 6 nitrogen and oxygen atoms in total. The van der Waals surface area contributed by atoms with Gasteiger partial charge in [0.25, 0.3) is 11.6 Å². The molecule has 0 aromatic heterocycles. The Labute approximate surface area is 159 Å². The summed E-state index contributed by atoms with van der Waals surface area (Å²) in [6, 6.07) is 9.95. The monoisotopic (exact) mass is 387 g/mol. The maximum Gasteiger partial charge on any atom is 0.270 e. The van der Waals surface area contributed by atoms with E-state index in [4.69, 9.17) is 11.6 Å². The number of nitrogens with zero attached hydrogens (tertiary/aromatic N) is 2. The Bertz CT molecular complexity index is 965. The van der Waals surface area contributed by atoms with E-state index in [0.717, 1.165) is 16.8 Å². The van der Waals surface area contributed by atoms with Crippen LogP contribution in [0.4, 0.5) is 11.4 Å². The number of amides is 1. The highest BCUT2D eigenvalue weighted by molar-refractivity contribution is 8.18. The van der Waals surface area contributed by atoms with Crippen molar-refractivity contribution in [2.75, 3.05) is 0 Å². The molecule has 26 heavy (non-hydrogen) atoms. The molecule has 0 radical (unpaired) electrons. The number of hydrogen-bond acceptors (Lipinski definition) is 5. The zero-order valence-corrected chi connectivity index (χ0v) is 15.5. The van der Waals surface area contributed by atoms with Gasteiger partial charge in [0.05, 0.1) is 15.5 Å². The van der Waals surface area contributed by atoms with Gasteiger partial charge in [0.15, 0.2) is 5.17 Å². The molecule has 0 spiro atoms. The minimum atomic E-state index is -0.506. The molecule has 1 saturated heterocycles. The summed E-state index contributed by atoms with van der Waals surface area (Å²) in [5, 5.41) is 14.4. The van der Waals surface area contributed by atoms with E-state index < -0.39 is 4.92 Å². The highest BCUT2D eigenvalue weighted by Crippen LogP contribution is 2.32. The Morgan fingerprint density at radius 1 is 1.23 bits per heavy atom. The lowest BCUT2D eigenvalue weighted by molar-refractivity contribution is -0.384. The van der Waals surface area contributed by atoms with E-state index in [1.54, 1.807) is 0 Å². The average molecular weight is 388 g/mol. The van der Waals surface area contributed by atoms with Crippen LogP contribution in [0.25, 0.3) is 6.08 Å². The molecule has 132 valence electrons. The third-order valence-corrected chi connectivity index (χ3v) is 5.03. The number of thioether (sulfide) groups is 1. The van der Waals surface area contributed by atoms with E-state index in [1.807, 2.05) is 32.0 Å². The van der Waals surface area contributed by atoms with Crippen molar-refractivity contribution < 1.29 is 9.72 Å². The molecule has 1 fully saturated rings. The molecule has 0 unspecified atom stereocenters. The average Bonchev–Trinajstić information content (AvgIpc) is 2.92. The third kappa shape index (κ3) is 3.79. The molecule has 1 aliphatic rings. The van der Waals surface area contributed by atoms with Crippen molar-refractivity contribution in [3.8, 4) is 0 Å². The number of hydrogen-bond donors (Lipinski definition) is 1. The van der Waals surface area contributed by atoms with Gasteiger partial charge in [-0.25, -0.2) is 4.99 Å². The number of nitro benzene ring substituents is 1. The summed E-state index contributed by atoms with van der Waals surface area (Å²) in [7, 11) is 0. The van der Waals surface area contributed by atoms with Crippen LogP contribution in [0.5, 0.6) is 0 Å². The topological polar surface area (TPSA) is 84.6 Å². The second kappa shape index (κ2) is 7.31. The first-order valence-corrected chi connectivity index (χ1v) is 8.84. The van der Waals surface area contributed by atoms with Crippen molar-refractivity contribution in [3.05, 3.63) is 73.1 Å². The molecule has 8 heteroatoms. The van der Waals surface area contributed by atoms with Gasteiger partial charge in [0.1, 0.15) is 0 Å². The van der Waals surface area contributed by atoms with Gasteiger partial charge >= 0.3 is 0 Å². The second-order valence-corrected chi connectivity index (χ2v) is 7.12. The van der Waals surface area contributed by atoms with E-state index in [-0.39, 0.29) is 11.6 Å². The zero-order valence-electron chi connectivity index (χ0n) is 13.9. The number of amidine groups is 1. The third-order valence-electron chi connectivity index (χ3n) is 3.78. The first-order valence-electron chi connectivity index (χ1n) is 7.65. The number of carbonyl (C=O) groups excluding carboxylic acids is 1. The SMILES string of the molecule is Cc1cccc(C)c1N=C1NC(=O)/C(=C\c2cc([N+](=O)[O-])ccc2Cl)S1. The number of carbonyl (C=O) groups is 1. The number of non-ortho nitro benzene ring substituents is 1. The van der Waals surface area contributed by atoms with Crippen molar-refractivity contribution in [1.29, 1.82) is 0 Å². The number of aliphatic imine (C=N–C) groups is 1. The summed E-state index contributed by atoms with van der Waals surface area (Å²) in [4.78, 5) is 27.5. The molecule has 1 heterocycles. The zero-order chi connectivity index (χ0) is 18.8. The molecule has 2 aromatic carbocycles. The van der Waals surface area contributed by atoms with Gasteiger partial charge in [-0.2, -0.15) is 0 Å². The predicted molar refractivity (Wildman–Crippen MR) is 105 cm³/mol. The van der Waals surface area contributed by atoms with Crippen LogP contribution in [-0.2, 0) is 4.79 Å². The van der Waals surface area contributed by atoms with Crippen molar-refractivity contribution in [2.24, 2.45) is 4.99 Å². The Kier molecular flexibility index (Phi) is 5.11. The Balaban J connectivity index is 1.93. The van der Waals surface area contributed by atoms with E-state index in [9.17, 15) is 14.9 Å². The Morgan fingerprint density at radius 3 is 2.58 bits per heavy atom. The fourth-order valence-electron chi connectivity index (χ4n) is 2.46. The number of aryl methyl sites for hydroxylation is 2. The van der Waals surface area contributed by atoms with E-state index in [1.165, 1.54) is 36.0 Å².